The molecule has 0 spiro atoms. The molecule has 20 heavy (non-hydrogen) atoms. The molecule has 3 nitrogen and oxygen atoms in total. The summed E-state index contributed by atoms with van der Waals surface area (Å²) in [6, 6.07) is 9.52. The van der Waals surface area contributed by atoms with E-state index in [9.17, 15) is 0 Å². The molecule has 0 atom stereocenters. The van der Waals surface area contributed by atoms with Crippen molar-refractivity contribution in [2.75, 3.05) is 11.9 Å². The summed E-state index contributed by atoms with van der Waals surface area (Å²) in [6.45, 7) is 3.13. The van der Waals surface area contributed by atoms with Gasteiger partial charge in [-0.25, -0.2) is 0 Å². The van der Waals surface area contributed by atoms with Gasteiger partial charge in [0.2, 0.25) is 0 Å². The number of benzene rings is 1. The molecule has 1 aromatic carbocycles. The van der Waals surface area contributed by atoms with Gasteiger partial charge in [-0.15, -0.1) is 11.3 Å². The molecular formula is C14H12BrClN2OS. The second-order valence-corrected chi connectivity index (χ2v) is 6.39. The number of nitrogens with one attached hydrogen (secondary N) is 1. The third-order valence-electron chi connectivity index (χ3n) is 2.52. The second-order valence-electron chi connectivity index (χ2n) is 3.93. The highest BCUT2D eigenvalue weighted by atomic mass is 79.9. The zero-order chi connectivity index (χ0) is 14.5. The van der Waals surface area contributed by atoms with Crippen LogP contribution in [-0.2, 0) is 6.54 Å². The minimum Gasteiger partial charge on any atom is -0.491 e. The topological polar surface area (TPSA) is 45.0 Å². The minimum atomic E-state index is 0.576. The Bertz CT molecular complexity index is 651. The summed E-state index contributed by atoms with van der Waals surface area (Å²) in [6.07, 6.45) is 0. The largest absolute Gasteiger partial charge is 0.491 e. The summed E-state index contributed by atoms with van der Waals surface area (Å²) in [5.41, 5.74) is 0.832. The fraction of sp³-hybridized carbons (Fsp3) is 0.214. The Balaban J connectivity index is 2.17. The van der Waals surface area contributed by atoms with Crippen molar-refractivity contribution in [2.24, 2.45) is 0 Å². The van der Waals surface area contributed by atoms with Crippen molar-refractivity contribution in [3.63, 3.8) is 0 Å². The summed E-state index contributed by atoms with van der Waals surface area (Å²) in [5, 5.41) is 12.7. The van der Waals surface area contributed by atoms with Crippen LogP contribution in [-0.4, -0.2) is 6.61 Å². The van der Waals surface area contributed by atoms with Crippen LogP contribution in [0.3, 0.4) is 0 Å². The van der Waals surface area contributed by atoms with Gasteiger partial charge in [0.1, 0.15) is 10.9 Å². The molecule has 0 aliphatic heterocycles. The summed E-state index contributed by atoms with van der Waals surface area (Å²) in [4.78, 5) is 1.79. The van der Waals surface area contributed by atoms with E-state index in [4.69, 9.17) is 21.6 Å². The van der Waals surface area contributed by atoms with Crippen LogP contribution >= 0.6 is 38.9 Å². The number of anilines is 1. The number of ether oxygens (including phenoxy) is 1. The summed E-state index contributed by atoms with van der Waals surface area (Å²) in [5.74, 6) is 0.744. The molecule has 0 radical (unpaired) electrons. The maximum atomic E-state index is 8.82. The van der Waals surface area contributed by atoms with Gasteiger partial charge < -0.3 is 10.1 Å². The van der Waals surface area contributed by atoms with Crippen LogP contribution in [0.5, 0.6) is 5.75 Å². The van der Waals surface area contributed by atoms with Crippen molar-refractivity contribution < 1.29 is 4.74 Å². The second kappa shape index (κ2) is 6.98. The van der Waals surface area contributed by atoms with E-state index in [2.05, 4.69) is 27.3 Å². The number of hydrogen-bond acceptors (Lipinski definition) is 4. The first kappa shape index (κ1) is 15.2. The highest BCUT2D eigenvalue weighted by Gasteiger charge is 2.10. The van der Waals surface area contributed by atoms with E-state index in [1.54, 1.807) is 6.07 Å². The highest BCUT2D eigenvalue weighted by molar-refractivity contribution is 9.10. The van der Waals surface area contributed by atoms with Gasteiger partial charge in [-0.05, 0) is 47.1 Å². The molecule has 0 aliphatic carbocycles. The molecule has 0 saturated heterocycles. The van der Waals surface area contributed by atoms with E-state index >= 15 is 0 Å². The molecule has 0 unspecified atom stereocenters. The molecule has 0 bridgehead atoms. The lowest BCUT2D eigenvalue weighted by Crippen LogP contribution is -2.02. The first-order valence-electron chi connectivity index (χ1n) is 5.98. The van der Waals surface area contributed by atoms with Crippen LogP contribution < -0.4 is 10.1 Å². The van der Waals surface area contributed by atoms with E-state index in [0.717, 1.165) is 20.8 Å². The fourth-order valence-corrected chi connectivity index (χ4v) is 3.37. The van der Waals surface area contributed by atoms with Crippen LogP contribution in [0.1, 0.15) is 16.7 Å². The van der Waals surface area contributed by atoms with Gasteiger partial charge in [0, 0.05) is 16.4 Å². The van der Waals surface area contributed by atoms with E-state index in [0.29, 0.717) is 23.1 Å². The molecule has 1 heterocycles. The van der Waals surface area contributed by atoms with Crippen molar-refractivity contribution in [3.8, 4) is 11.8 Å². The Kier molecular flexibility index (Phi) is 5.30. The Morgan fingerprint density at radius 2 is 2.25 bits per heavy atom. The van der Waals surface area contributed by atoms with Gasteiger partial charge in [-0.2, -0.15) is 5.26 Å². The molecule has 0 aliphatic rings. The van der Waals surface area contributed by atoms with Crippen molar-refractivity contribution >= 4 is 44.6 Å². The lowest BCUT2D eigenvalue weighted by atomic mass is 10.3. The SMILES string of the molecule is CCOc1c(Br)cc(Cl)cc1NCc1ccc(C#N)s1. The molecule has 0 saturated carbocycles. The smallest absolute Gasteiger partial charge is 0.156 e. The molecule has 0 fully saturated rings. The normalized spacial score (nSPS) is 10.1. The zero-order valence-electron chi connectivity index (χ0n) is 10.7. The van der Waals surface area contributed by atoms with Gasteiger partial charge >= 0.3 is 0 Å². The molecule has 2 rings (SSSR count). The predicted molar refractivity (Wildman–Crippen MR) is 86.7 cm³/mol. The number of halogens is 2. The first-order chi connectivity index (χ1) is 9.63. The first-order valence-corrected chi connectivity index (χ1v) is 7.97. The van der Waals surface area contributed by atoms with Crippen molar-refractivity contribution in [1.29, 1.82) is 5.26 Å². The van der Waals surface area contributed by atoms with Crippen LogP contribution in [0.25, 0.3) is 0 Å². The van der Waals surface area contributed by atoms with Crippen LogP contribution in [0.4, 0.5) is 5.69 Å². The van der Waals surface area contributed by atoms with Crippen molar-refractivity contribution in [3.05, 3.63) is 43.5 Å². The Morgan fingerprint density at radius 3 is 2.90 bits per heavy atom. The number of rotatable bonds is 5. The Hall–Kier alpha value is -1.22. The Morgan fingerprint density at radius 1 is 1.45 bits per heavy atom. The standard InChI is InChI=1S/C14H12BrClN2OS/c1-2-19-14-12(15)5-9(16)6-13(14)18-8-11-4-3-10(7-17)20-11/h3-6,18H,2,8H2,1H3. The average Bonchev–Trinajstić information content (AvgIpc) is 2.88. The molecule has 6 heteroatoms. The maximum absolute atomic E-state index is 8.82. The van der Waals surface area contributed by atoms with E-state index < -0.39 is 0 Å². The van der Waals surface area contributed by atoms with Gasteiger partial charge in [0.15, 0.2) is 5.75 Å². The van der Waals surface area contributed by atoms with E-state index in [-0.39, 0.29) is 0 Å². The molecule has 1 N–H and O–H groups in total. The minimum absolute atomic E-state index is 0.576. The summed E-state index contributed by atoms with van der Waals surface area (Å²) >= 11 is 11.0. The summed E-state index contributed by atoms with van der Waals surface area (Å²) < 4.78 is 6.44. The van der Waals surface area contributed by atoms with Gasteiger partial charge in [-0.3, -0.25) is 0 Å². The van der Waals surface area contributed by atoms with Crippen molar-refractivity contribution in [1.82, 2.24) is 0 Å². The average molecular weight is 372 g/mol. The van der Waals surface area contributed by atoms with Crippen molar-refractivity contribution in [2.45, 2.75) is 13.5 Å². The maximum Gasteiger partial charge on any atom is 0.156 e. The molecular weight excluding hydrogens is 360 g/mol. The Labute approximate surface area is 135 Å². The van der Waals surface area contributed by atoms with Crippen LogP contribution in [0, 0.1) is 11.3 Å². The van der Waals surface area contributed by atoms with Gasteiger partial charge in [0.25, 0.3) is 0 Å². The van der Waals surface area contributed by atoms with E-state index in [1.807, 2.05) is 25.1 Å². The lowest BCUT2D eigenvalue weighted by molar-refractivity contribution is 0.339. The fourth-order valence-electron chi connectivity index (χ4n) is 1.70. The van der Waals surface area contributed by atoms with Gasteiger partial charge in [-0.1, -0.05) is 11.6 Å². The molecule has 104 valence electrons. The van der Waals surface area contributed by atoms with E-state index in [1.165, 1.54) is 11.3 Å². The molecule has 0 amide bonds. The molecule has 2 aromatic rings. The van der Waals surface area contributed by atoms with Crippen LogP contribution in [0.15, 0.2) is 28.7 Å². The number of hydrogen-bond donors (Lipinski definition) is 1. The number of nitrogens with zero attached hydrogens (tertiary/aromatic N) is 1. The number of nitriles is 1. The quantitative estimate of drug-likeness (QED) is 0.800. The highest BCUT2D eigenvalue weighted by Crippen LogP contribution is 2.37. The monoisotopic (exact) mass is 370 g/mol. The van der Waals surface area contributed by atoms with Gasteiger partial charge in [0.05, 0.1) is 16.8 Å². The lowest BCUT2D eigenvalue weighted by Gasteiger charge is -2.14. The number of thiophene rings is 1. The predicted octanol–water partition coefficient (Wildman–Crippen LogP) is 5.05. The third-order valence-corrected chi connectivity index (χ3v) is 4.32. The third kappa shape index (κ3) is 3.66. The molecule has 1 aromatic heterocycles. The zero-order valence-corrected chi connectivity index (χ0v) is 13.9. The summed E-state index contributed by atoms with van der Waals surface area (Å²) in [7, 11) is 0. The van der Waals surface area contributed by atoms with Crippen LogP contribution in [0.2, 0.25) is 5.02 Å².